The highest BCUT2D eigenvalue weighted by atomic mass is 19.4. The van der Waals surface area contributed by atoms with E-state index in [1.165, 1.54) is 16.9 Å². The summed E-state index contributed by atoms with van der Waals surface area (Å²) < 4.78 is 47.2. The van der Waals surface area contributed by atoms with Crippen LogP contribution in [0.2, 0.25) is 0 Å². The zero-order chi connectivity index (χ0) is 22.9. The molecule has 3 heterocycles. The first-order valence-corrected chi connectivity index (χ1v) is 10.2. The molecule has 0 saturated carbocycles. The van der Waals surface area contributed by atoms with Gasteiger partial charge in [0.2, 0.25) is 5.91 Å². The summed E-state index contributed by atoms with van der Waals surface area (Å²) in [6.07, 6.45) is -0.0389. The lowest BCUT2D eigenvalue weighted by Gasteiger charge is -2.30. The Morgan fingerprint density at radius 2 is 2.16 bits per heavy atom. The number of carbonyl (C=O) groups is 1. The van der Waals surface area contributed by atoms with Gasteiger partial charge in [0.05, 0.1) is 46.9 Å². The molecule has 1 aromatic carbocycles. The molecule has 170 valence electrons. The van der Waals surface area contributed by atoms with E-state index in [0.29, 0.717) is 42.0 Å². The molecule has 1 aliphatic heterocycles. The number of ether oxygens (including phenoxy) is 1. The lowest BCUT2D eigenvalue weighted by molar-refractivity contribution is -0.137. The van der Waals surface area contributed by atoms with Gasteiger partial charge in [0.15, 0.2) is 0 Å². The van der Waals surface area contributed by atoms with Crippen molar-refractivity contribution >= 4 is 28.2 Å². The SMILES string of the molecule is C[C@@H]1C[C@H](Nc2c(NC(=O)Cc3cn(C)nn3)cnc3ccc(C(F)(F)F)cc23)CCO1. The van der Waals surface area contributed by atoms with E-state index in [9.17, 15) is 18.0 Å². The standard InChI is InChI=1S/C21H23F3N6O2/c1-12-7-14(5-6-32-12)26-20-16-8-13(21(22,23)24)3-4-17(16)25-10-18(20)27-19(31)9-15-11-30(2)29-28-15/h3-4,8,10-12,14H,5-7,9H2,1-2H3,(H,25,26)(H,27,31)/t12-,14-/m1/s1. The van der Waals surface area contributed by atoms with Crippen LogP contribution in [0.3, 0.4) is 0 Å². The molecule has 2 N–H and O–H groups in total. The normalized spacial score (nSPS) is 19.2. The summed E-state index contributed by atoms with van der Waals surface area (Å²) in [6.45, 7) is 2.49. The van der Waals surface area contributed by atoms with Gasteiger partial charge in [-0.1, -0.05) is 5.21 Å². The monoisotopic (exact) mass is 448 g/mol. The topological polar surface area (TPSA) is 94.0 Å². The first kappa shape index (κ1) is 22.0. The average Bonchev–Trinajstić information content (AvgIpc) is 3.13. The molecule has 4 rings (SSSR count). The minimum atomic E-state index is -4.50. The molecule has 0 spiro atoms. The number of alkyl halides is 3. The number of aryl methyl sites for hydroxylation is 1. The first-order valence-electron chi connectivity index (χ1n) is 10.2. The minimum Gasteiger partial charge on any atom is -0.380 e. The van der Waals surface area contributed by atoms with Gasteiger partial charge in [-0.25, -0.2) is 0 Å². The van der Waals surface area contributed by atoms with Gasteiger partial charge >= 0.3 is 6.18 Å². The van der Waals surface area contributed by atoms with Crippen LogP contribution in [0.15, 0.2) is 30.6 Å². The number of fused-ring (bicyclic) bond motifs is 1. The van der Waals surface area contributed by atoms with E-state index in [1.807, 2.05) is 6.92 Å². The summed E-state index contributed by atoms with van der Waals surface area (Å²) in [5.74, 6) is -0.373. The molecule has 0 aliphatic carbocycles. The van der Waals surface area contributed by atoms with E-state index in [1.54, 1.807) is 13.2 Å². The van der Waals surface area contributed by atoms with E-state index in [-0.39, 0.29) is 29.9 Å². The van der Waals surface area contributed by atoms with Crippen molar-refractivity contribution in [3.8, 4) is 0 Å². The highest BCUT2D eigenvalue weighted by Crippen LogP contribution is 2.37. The number of hydrogen-bond donors (Lipinski definition) is 2. The van der Waals surface area contributed by atoms with E-state index in [0.717, 1.165) is 12.1 Å². The molecule has 1 aliphatic rings. The Morgan fingerprint density at radius 1 is 1.34 bits per heavy atom. The van der Waals surface area contributed by atoms with Gasteiger partial charge in [0, 0.05) is 31.3 Å². The Balaban J connectivity index is 1.70. The van der Waals surface area contributed by atoms with Gasteiger partial charge < -0.3 is 15.4 Å². The number of rotatable bonds is 5. The average molecular weight is 448 g/mol. The number of halogens is 3. The molecule has 8 nitrogen and oxygen atoms in total. The molecular weight excluding hydrogens is 425 g/mol. The molecule has 0 bridgehead atoms. The molecule has 2 aromatic heterocycles. The van der Waals surface area contributed by atoms with Crippen LogP contribution in [-0.4, -0.2) is 44.6 Å². The fourth-order valence-electron chi connectivity index (χ4n) is 3.79. The maximum absolute atomic E-state index is 13.4. The van der Waals surface area contributed by atoms with Gasteiger partial charge in [0.25, 0.3) is 0 Å². The fourth-order valence-corrected chi connectivity index (χ4v) is 3.79. The Labute approximate surface area is 182 Å². The summed E-state index contributed by atoms with van der Waals surface area (Å²) in [5.41, 5.74) is 0.814. The number of amides is 1. The lowest BCUT2D eigenvalue weighted by Crippen LogP contribution is -2.33. The predicted molar refractivity (Wildman–Crippen MR) is 112 cm³/mol. The number of pyridine rings is 1. The summed E-state index contributed by atoms with van der Waals surface area (Å²) in [4.78, 5) is 16.9. The van der Waals surface area contributed by atoms with Crippen molar-refractivity contribution in [2.45, 2.75) is 44.5 Å². The number of aromatic nitrogens is 4. The zero-order valence-corrected chi connectivity index (χ0v) is 17.6. The van der Waals surface area contributed by atoms with Crippen LogP contribution in [0, 0.1) is 0 Å². The van der Waals surface area contributed by atoms with Gasteiger partial charge in [0.1, 0.15) is 0 Å². The van der Waals surface area contributed by atoms with Gasteiger partial charge in [-0.3, -0.25) is 14.5 Å². The number of carbonyl (C=O) groups excluding carboxylic acids is 1. The molecular formula is C21H23F3N6O2. The zero-order valence-electron chi connectivity index (χ0n) is 17.6. The Hall–Kier alpha value is -3.21. The second kappa shape index (κ2) is 8.73. The summed E-state index contributed by atoms with van der Waals surface area (Å²) in [5, 5.41) is 14.1. The Bertz CT molecular complexity index is 1130. The van der Waals surface area contributed by atoms with Crippen molar-refractivity contribution in [2.75, 3.05) is 17.2 Å². The van der Waals surface area contributed by atoms with Crippen LogP contribution >= 0.6 is 0 Å². The highest BCUT2D eigenvalue weighted by Gasteiger charge is 2.31. The summed E-state index contributed by atoms with van der Waals surface area (Å²) >= 11 is 0. The third-order valence-corrected chi connectivity index (χ3v) is 5.29. The molecule has 0 radical (unpaired) electrons. The molecule has 11 heteroatoms. The third kappa shape index (κ3) is 4.98. The molecule has 0 unspecified atom stereocenters. The molecule has 2 atom stereocenters. The van der Waals surface area contributed by atoms with Crippen molar-refractivity contribution in [2.24, 2.45) is 7.05 Å². The first-order chi connectivity index (χ1) is 15.2. The summed E-state index contributed by atoms with van der Waals surface area (Å²) in [6, 6.07) is 3.38. The van der Waals surface area contributed by atoms with Crippen LogP contribution in [0.4, 0.5) is 24.5 Å². The molecule has 1 fully saturated rings. The number of nitrogens with zero attached hydrogens (tertiary/aromatic N) is 4. The predicted octanol–water partition coefficient (Wildman–Crippen LogP) is 3.54. The second-order valence-corrected chi connectivity index (χ2v) is 7.93. The van der Waals surface area contributed by atoms with Crippen molar-refractivity contribution in [3.63, 3.8) is 0 Å². The number of anilines is 2. The van der Waals surface area contributed by atoms with Crippen molar-refractivity contribution in [3.05, 3.63) is 41.9 Å². The van der Waals surface area contributed by atoms with E-state index < -0.39 is 11.7 Å². The third-order valence-electron chi connectivity index (χ3n) is 5.29. The van der Waals surface area contributed by atoms with Crippen molar-refractivity contribution in [1.82, 2.24) is 20.0 Å². The van der Waals surface area contributed by atoms with E-state index in [4.69, 9.17) is 4.74 Å². The maximum Gasteiger partial charge on any atom is 0.416 e. The molecule has 3 aromatic rings. The van der Waals surface area contributed by atoms with Crippen LogP contribution in [-0.2, 0) is 29.2 Å². The largest absolute Gasteiger partial charge is 0.416 e. The van der Waals surface area contributed by atoms with Gasteiger partial charge in [-0.2, -0.15) is 13.2 Å². The van der Waals surface area contributed by atoms with Gasteiger partial charge in [-0.05, 0) is 38.0 Å². The molecule has 32 heavy (non-hydrogen) atoms. The maximum atomic E-state index is 13.4. The van der Waals surface area contributed by atoms with Crippen LogP contribution in [0.25, 0.3) is 10.9 Å². The van der Waals surface area contributed by atoms with Crippen LogP contribution in [0.1, 0.15) is 31.0 Å². The summed E-state index contributed by atoms with van der Waals surface area (Å²) in [7, 11) is 1.69. The van der Waals surface area contributed by atoms with E-state index >= 15 is 0 Å². The number of hydrogen-bond acceptors (Lipinski definition) is 6. The minimum absolute atomic E-state index is 0.0189. The fraction of sp³-hybridized carbons (Fsp3) is 0.429. The molecule has 1 saturated heterocycles. The van der Waals surface area contributed by atoms with Gasteiger partial charge in [-0.15, -0.1) is 5.10 Å². The van der Waals surface area contributed by atoms with Crippen LogP contribution < -0.4 is 10.6 Å². The number of benzene rings is 1. The molecule has 1 amide bonds. The Morgan fingerprint density at radius 3 is 2.84 bits per heavy atom. The smallest absolute Gasteiger partial charge is 0.380 e. The lowest BCUT2D eigenvalue weighted by atomic mass is 10.0. The Kier molecular flexibility index (Phi) is 6.00. The number of nitrogens with one attached hydrogen (secondary N) is 2. The van der Waals surface area contributed by atoms with Crippen molar-refractivity contribution in [1.29, 1.82) is 0 Å². The second-order valence-electron chi connectivity index (χ2n) is 7.93. The highest BCUT2D eigenvalue weighted by molar-refractivity contribution is 6.03. The van der Waals surface area contributed by atoms with Crippen molar-refractivity contribution < 1.29 is 22.7 Å². The quantitative estimate of drug-likeness (QED) is 0.620. The van der Waals surface area contributed by atoms with E-state index in [2.05, 4.69) is 25.9 Å². The van der Waals surface area contributed by atoms with Crippen LogP contribution in [0.5, 0.6) is 0 Å².